The van der Waals surface area contributed by atoms with Crippen molar-refractivity contribution in [1.82, 2.24) is 9.97 Å². The zero-order valence-corrected chi connectivity index (χ0v) is 10.7. The molecule has 1 aromatic heterocycles. The van der Waals surface area contributed by atoms with Crippen LogP contribution in [0.1, 0.15) is 10.4 Å². The van der Waals surface area contributed by atoms with E-state index >= 15 is 0 Å². The molecule has 0 fully saturated rings. The number of carboxylic acids is 1. The van der Waals surface area contributed by atoms with Crippen LogP contribution < -0.4 is 10.2 Å². The van der Waals surface area contributed by atoms with Crippen molar-refractivity contribution >= 4 is 23.3 Å². The summed E-state index contributed by atoms with van der Waals surface area (Å²) in [6.07, 6.45) is 1.46. The third-order valence-electron chi connectivity index (χ3n) is 2.49. The molecule has 0 saturated carbocycles. The highest BCUT2D eigenvalue weighted by Gasteiger charge is 2.05. The molecule has 1 heterocycles. The molecule has 0 aliphatic heterocycles. The number of carboxylic acid groups (broad SMARTS) is 1. The third-order valence-corrected chi connectivity index (χ3v) is 2.49. The van der Waals surface area contributed by atoms with E-state index in [9.17, 15) is 4.79 Å². The number of rotatable bonds is 4. The topological polar surface area (TPSA) is 78.4 Å². The van der Waals surface area contributed by atoms with Crippen LogP contribution in [0, 0.1) is 0 Å². The second-order valence-corrected chi connectivity index (χ2v) is 4.17. The van der Waals surface area contributed by atoms with Crippen LogP contribution in [0.25, 0.3) is 0 Å². The number of carbonyl (C=O) groups is 1. The number of hydrogen-bond donors (Lipinski definition) is 2. The minimum absolute atomic E-state index is 0.229. The van der Waals surface area contributed by atoms with Gasteiger partial charge >= 0.3 is 5.97 Å². The van der Waals surface area contributed by atoms with Crippen LogP contribution in [0.5, 0.6) is 0 Å². The van der Waals surface area contributed by atoms with Gasteiger partial charge in [0.25, 0.3) is 0 Å². The van der Waals surface area contributed by atoms with Gasteiger partial charge < -0.3 is 15.3 Å². The molecule has 0 radical (unpaired) electrons. The number of nitrogens with one attached hydrogen (secondary N) is 1. The minimum atomic E-state index is -0.958. The molecule has 1 aromatic carbocycles. The first kappa shape index (κ1) is 12.8. The van der Waals surface area contributed by atoms with Crippen LogP contribution in [0.4, 0.5) is 17.3 Å². The average molecular weight is 258 g/mol. The number of hydrogen-bond acceptors (Lipinski definition) is 5. The lowest BCUT2D eigenvalue weighted by Crippen LogP contribution is -2.11. The Labute approximate surface area is 110 Å². The molecule has 0 amide bonds. The molecule has 6 nitrogen and oxygen atoms in total. The second-order valence-electron chi connectivity index (χ2n) is 4.17. The number of benzene rings is 1. The molecule has 0 saturated heterocycles. The van der Waals surface area contributed by atoms with Gasteiger partial charge in [-0.25, -0.2) is 14.8 Å². The van der Waals surface area contributed by atoms with Gasteiger partial charge in [0.1, 0.15) is 18.0 Å². The predicted molar refractivity (Wildman–Crippen MR) is 73.0 cm³/mol. The van der Waals surface area contributed by atoms with Crippen LogP contribution >= 0.6 is 0 Å². The highest BCUT2D eigenvalue weighted by atomic mass is 16.4. The van der Waals surface area contributed by atoms with Crippen molar-refractivity contribution in [2.24, 2.45) is 0 Å². The Morgan fingerprint density at radius 2 is 2.05 bits per heavy atom. The van der Waals surface area contributed by atoms with Gasteiger partial charge in [0.05, 0.1) is 5.56 Å². The summed E-state index contributed by atoms with van der Waals surface area (Å²) >= 11 is 0. The summed E-state index contributed by atoms with van der Waals surface area (Å²) in [5, 5.41) is 12.0. The molecule has 98 valence electrons. The molecule has 0 atom stereocenters. The van der Waals surface area contributed by atoms with Crippen LogP contribution in [-0.4, -0.2) is 35.1 Å². The molecule has 0 spiro atoms. The summed E-state index contributed by atoms with van der Waals surface area (Å²) in [4.78, 5) is 21.0. The van der Waals surface area contributed by atoms with Gasteiger partial charge in [0, 0.05) is 25.8 Å². The number of aromatic nitrogens is 2. The highest BCUT2D eigenvalue weighted by molar-refractivity contribution is 5.89. The first-order chi connectivity index (χ1) is 9.06. The third kappa shape index (κ3) is 3.19. The molecular formula is C13H14N4O2. The van der Waals surface area contributed by atoms with Crippen molar-refractivity contribution < 1.29 is 9.90 Å². The van der Waals surface area contributed by atoms with E-state index < -0.39 is 5.97 Å². The lowest BCUT2D eigenvalue weighted by molar-refractivity contribution is 0.0697. The Morgan fingerprint density at radius 3 is 2.74 bits per heavy atom. The quantitative estimate of drug-likeness (QED) is 0.873. The van der Waals surface area contributed by atoms with Gasteiger partial charge in [-0.3, -0.25) is 0 Å². The summed E-state index contributed by atoms with van der Waals surface area (Å²) in [5.41, 5.74) is 0.898. The molecule has 19 heavy (non-hydrogen) atoms. The van der Waals surface area contributed by atoms with Crippen molar-refractivity contribution in [3.8, 4) is 0 Å². The summed E-state index contributed by atoms with van der Waals surface area (Å²) in [5.74, 6) is 0.424. The van der Waals surface area contributed by atoms with E-state index in [1.807, 2.05) is 19.0 Å². The minimum Gasteiger partial charge on any atom is -0.478 e. The lowest BCUT2D eigenvalue weighted by Gasteiger charge is -2.12. The first-order valence-electron chi connectivity index (χ1n) is 5.66. The van der Waals surface area contributed by atoms with Gasteiger partial charge in [-0.1, -0.05) is 6.07 Å². The van der Waals surface area contributed by atoms with Crippen LogP contribution in [0.3, 0.4) is 0 Å². The van der Waals surface area contributed by atoms with E-state index in [-0.39, 0.29) is 5.56 Å². The van der Waals surface area contributed by atoms with Gasteiger partial charge in [0.2, 0.25) is 0 Å². The molecule has 2 aromatic rings. The number of nitrogens with zero attached hydrogens (tertiary/aromatic N) is 3. The highest BCUT2D eigenvalue weighted by Crippen LogP contribution is 2.18. The molecule has 0 bridgehead atoms. The van der Waals surface area contributed by atoms with Gasteiger partial charge in [0.15, 0.2) is 0 Å². The van der Waals surface area contributed by atoms with Crippen molar-refractivity contribution in [3.63, 3.8) is 0 Å². The summed E-state index contributed by atoms with van der Waals surface area (Å²) in [7, 11) is 3.77. The predicted octanol–water partition coefficient (Wildman–Crippen LogP) is 1.98. The van der Waals surface area contributed by atoms with E-state index in [0.717, 1.165) is 5.82 Å². The van der Waals surface area contributed by atoms with Crippen LogP contribution in [0.15, 0.2) is 36.7 Å². The fourth-order valence-corrected chi connectivity index (χ4v) is 1.54. The summed E-state index contributed by atoms with van der Waals surface area (Å²) in [6, 6.07) is 8.34. The molecular weight excluding hydrogens is 244 g/mol. The molecule has 6 heteroatoms. The Kier molecular flexibility index (Phi) is 3.61. The van der Waals surface area contributed by atoms with Crippen molar-refractivity contribution in [1.29, 1.82) is 0 Å². The van der Waals surface area contributed by atoms with Gasteiger partial charge in [-0.05, 0) is 18.2 Å². The maximum absolute atomic E-state index is 10.9. The molecule has 2 N–H and O–H groups in total. The standard InChI is InChI=1S/C13H14N4O2/c1-17(2)12-7-11(14-8-15-12)16-10-5-3-4-9(6-10)13(18)19/h3-8H,1-2H3,(H,18,19)(H,14,15,16). The van der Waals surface area contributed by atoms with E-state index in [4.69, 9.17) is 5.11 Å². The fourth-order valence-electron chi connectivity index (χ4n) is 1.54. The van der Waals surface area contributed by atoms with Crippen LogP contribution in [-0.2, 0) is 0 Å². The Bertz CT molecular complexity index is 599. The van der Waals surface area contributed by atoms with Gasteiger partial charge in [-0.2, -0.15) is 0 Å². The summed E-state index contributed by atoms with van der Waals surface area (Å²) < 4.78 is 0. The second kappa shape index (κ2) is 5.34. The average Bonchev–Trinajstić information content (AvgIpc) is 2.39. The normalized spacial score (nSPS) is 10.0. The van der Waals surface area contributed by atoms with E-state index in [0.29, 0.717) is 11.5 Å². The van der Waals surface area contributed by atoms with E-state index in [2.05, 4.69) is 15.3 Å². The first-order valence-corrected chi connectivity index (χ1v) is 5.66. The van der Waals surface area contributed by atoms with Crippen LogP contribution in [0.2, 0.25) is 0 Å². The Morgan fingerprint density at radius 1 is 1.26 bits per heavy atom. The molecule has 2 rings (SSSR count). The molecule has 0 unspecified atom stereocenters. The smallest absolute Gasteiger partial charge is 0.335 e. The lowest BCUT2D eigenvalue weighted by atomic mass is 10.2. The van der Waals surface area contributed by atoms with Crippen molar-refractivity contribution in [2.45, 2.75) is 0 Å². The maximum Gasteiger partial charge on any atom is 0.335 e. The van der Waals surface area contributed by atoms with E-state index in [1.165, 1.54) is 6.33 Å². The summed E-state index contributed by atoms with van der Waals surface area (Å²) in [6.45, 7) is 0. The SMILES string of the molecule is CN(C)c1cc(Nc2cccc(C(=O)O)c2)ncn1. The maximum atomic E-state index is 10.9. The number of aromatic carboxylic acids is 1. The van der Waals surface area contributed by atoms with Gasteiger partial charge in [-0.15, -0.1) is 0 Å². The van der Waals surface area contributed by atoms with Crippen molar-refractivity contribution in [2.75, 3.05) is 24.3 Å². The molecule has 0 aliphatic rings. The monoisotopic (exact) mass is 258 g/mol. The van der Waals surface area contributed by atoms with Crippen molar-refractivity contribution in [3.05, 3.63) is 42.2 Å². The largest absolute Gasteiger partial charge is 0.478 e. The zero-order valence-electron chi connectivity index (χ0n) is 10.7. The number of anilines is 3. The molecule has 0 aliphatic carbocycles. The fraction of sp³-hybridized carbons (Fsp3) is 0.154. The Balaban J connectivity index is 2.23. The van der Waals surface area contributed by atoms with E-state index in [1.54, 1.807) is 30.3 Å². The Hall–Kier alpha value is -2.63. The zero-order chi connectivity index (χ0) is 13.8.